The third-order valence-corrected chi connectivity index (χ3v) is 6.77. The third kappa shape index (κ3) is 3.54. The Balaban J connectivity index is 1.34. The molecule has 0 saturated heterocycles. The summed E-state index contributed by atoms with van der Waals surface area (Å²) in [5.74, 6) is 2.50. The normalized spacial score (nSPS) is 17.7. The first-order chi connectivity index (χ1) is 16.6. The van der Waals surface area contributed by atoms with Gasteiger partial charge in [-0.25, -0.2) is 9.97 Å². The van der Waals surface area contributed by atoms with Crippen molar-refractivity contribution < 1.29 is 14.6 Å². The van der Waals surface area contributed by atoms with Crippen molar-refractivity contribution in [2.24, 2.45) is 5.92 Å². The van der Waals surface area contributed by atoms with Crippen molar-refractivity contribution in [3.05, 3.63) is 82.9 Å². The lowest BCUT2D eigenvalue weighted by Gasteiger charge is -2.32. The van der Waals surface area contributed by atoms with Crippen LogP contribution in [0.25, 0.3) is 22.1 Å². The van der Waals surface area contributed by atoms with Crippen LogP contribution in [0, 0.1) is 5.92 Å². The topological polar surface area (TPSA) is 104 Å². The number of ketones is 1. The number of fused-ring (bicyclic) bond motifs is 3. The number of hydrogen-bond donors (Lipinski definition) is 3. The maximum Gasteiger partial charge on any atom is 0.196 e. The second-order valence-corrected chi connectivity index (χ2v) is 9.08. The van der Waals surface area contributed by atoms with Gasteiger partial charge in [-0.05, 0) is 43.0 Å². The molecule has 2 aromatic carbocycles. The largest absolute Gasteiger partial charge is 0.457 e. The van der Waals surface area contributed by atoms with Crippen molar-refractivity contribution >= 4 is 39.5 Å². The lowest BCUT2D eigenvalue weighted by molar-refractivity contribution is 0.104. The summed E-state index contributed by atoms with van der Waals surface area (Å²) in [7, 11) is 0. The molecule has 1 fully saturated rings. The van der Waals surface area contributed by atoms with Gasteiger partial charge in [0, 0.05) is 30.4 Å². The first-order valence-electron chi connectivity index (χ1n) is 11.1. The molecule has 0 atom stereocenters. The SMILES string of the molecule is O=C(c1ccc(Oc2ccccc2)cc1Cl)c1c[nH]c2ncc3[nH]c(C4CC(CO)C4)nc3c12. The van der Waals surface area contributed by atoms with Gasteiger partial charge in [-0.1, -0.05) is 29.8 Å². The van der Waals surface area contributed by atoms with Crippen LogP contribution in [-0.4, -0.2) is 37.4 Å². The van der Waals surface area contributed by atoms with Crippen LogP contribution >= 0.6 is 11.6 Å². The Kier molecular flexibility index (Phi) is 5.08. The van der Waals surface area contributed by atoms with E-state index in [2.05, 4.69) is 15.0 Å². The molecule has 0 spiro atoms. The predicted molar refractivity (Wildman–Crippen MR) is 130 cm³/mol. The minimum absolute atomic E-state index is 0.203. The number of aliphatic hydroxyl groups is 1. The standard InChI is InChI=1S/C26H21ClN4O3/c27-20-10-17(34-16-4-2-1-3-5-16)6-7-18(20)24(33)19-11-28-26-22(19)23-21(12-29-26)30-25(31-23)15-8-14(9-15)13-32/h1-7,10-12,14-15,32H,8-9,13H2,(H,28,29)(H,30,31). The molecular formula is C26H21ClN4O3. The number of carbonyl (C=O) groups excluding carboxylic acids is 1. The number of imidazole rings is 1. The lowest BCUT2D eigenvalue weighted by atomic mass is 9.75. The molecule has 0 amide bonds. The van der Waals surface area contributed by atoms with E-state index in [9.17, 15) is 9.90 Å². The molecule has 3 N–H and O–H groups in total. The van der Waals surface area contributed by atoms with Gasteiger partial charge in [-0.15, -0.1) is 0 Å². The summed E-state index contributed by atoms with van der Waals surface area (Å²) < 4.78 is 5.83. The van der Waals surface area contributed by atoms with Crippen molar-refractivity contribution in [1.29, 1.82) is 0 Å². The first-order valence-corrected chi connectivity index (χ1v) is 11.5. The highest BCUT2D eigenvalue weighted by Crippen LogP contribution is 2.41. The van der Waals surface area contributed by atoms with Crippen molar-refractivity contribution in [2.45, 2.75) is 18.8 Å². The van der Waals surface area contributed by atoms with E-state index >= 15 is 0 Å². The van der Waals surface area contributed by atoms with Crippen LogP contribution in [0.2, 0.25) is 5.02 Å². The third-order valence-electron chi connectivity index (χ3n) is 6.46. The molecule has 0 aliphatic heterocycles. The molecule has 6 rings (SSSR count). The van der Waals surface area contributed by atoms with Gasteiger partial charge in [0.1, 0.15) is 28.5 Å². The number of carbonyl (C=O) groups is 1. The highest BCUT2D eigenvalue weighted by atomic mass is 35.5. The zero-order valence-corrected chi connectivity index (χ0v) is 18.8. The fourth-order valence-corrected chi connectivity index (χ4v) is 4.82. The van der Waals surface area contributed by atoms with Crippen LogP contribution in [0.15, 0.2) is 60.9 Å². The second-order valence-electron chi connectivity index (χ2n) is 8.67. The fraction of sp³-hybridized carbons (Fsp3) is 0.192. The number of benzene rings is 2. The van der Waals surface area contributed by atoms with E-state index in [0.717, 1.165) is 24.2 Å². The number of nitrogens with zero attached hydrogens (tertiary/aromatic N) is 2. The van der Waals surface area contributed by atoms with Gasteiger partial charge >= 0.3 is 0 Å². The van der Waals surface area contributed by atoms with Crippen LogP contribution in [0.3, 0.4) is 0 Å². The molecule has 8 heteroatoms. The maximum absolute atomic E-state index is 13.5. The Hall–Kier alpha value is -3.68. The van der Waals surface area contributed by atoms with Gasteiger partial charge in [0.05, 0.1) is 27.7 Å². The van der Waals surface area contributed by atoms with Gasteiger partial charge < -0.3 is 19.8 Å². The fourth-order valence-electron chi connectivity index (χ4n) is 4.57. The van der Waals surface area contributed by atoms with Crippen LogP contribution in [0.4, 0.5) is 0 Å². The Morgan fingerprint density at radius 3 is 2.71 bits per heavy atom. The molecule has 0 unspecified atom stereocenters. The number of aromatic nitrogens is 4. The summed E-state index contributed by atoms with van der Waals surface area (Å²) in [6.45, 7) is 0.203. The summed E-state index contributed by atoms with van der Waals surface area (Å²) in [5, 5.41) is 10.3. The average molecular weight is 473 g/mol. The summed E-state index contributed by atoms with van der Waals surface area (Å²) in [6.07, 6.45) is 5.19. The smallest absolute Gasteiger partial charge is 0.196 e. The monoisotopic (exact) mass is 472 g/mol. The number of pyridine rings is 1. The van der Waals surface area contributed by atoms with Crippen molar-refractivity contribution in [3.8, 4) is 11.5 Å². The number of H-pyrrole nitrogens is 2. The number of hydrogen-bond acceptors (Lipinski definition) is 5. The van der Waals surface area contributed by atoms with Gasteiger partial charge in [-0.3, -0.25) is 4.79 Å². The zero-order valence-electron chi connectivity index (χ0n) is 18.1. The average Bonchev–Trinajstić information content (AvgIpc) is 3.43. The zero-order chi connectivity index (χ0) is 23.2. The minimum atomic E-state index is -0.217. The number of nitrogens with one attached hydrogen (secondary N) is 2. The molecular weight excluding hydrogens is 452 g/mol. The summed E-state index contributed by atoms with van der Waals surface area (Å²) in [4.78, 5) is 29.2. The van der Waals surface area contributed by atoms with Crippen molar-refractivity contribution in [1.82, 2.24) is 19.9 Å². The van der Waals surface area contributed by atoms with E-state index in [-0.39, 0.29) is 18.3 Å². The highest BCUT2D eigenvalue weighted by Gasteiger charge is 2.32. The Morgan fingerprint density at radius 2 is 1.94 bits per heavy atom. The number of rotatable bonds is 6. The molecule has 1 aliphatic rings. The molecule has 7 nitrogen and oxygen atoms in total. The molecule has 3 aromatic heterocycles. The van der Waals surface area contributed by atoms with E-state index in [0.29, 0.717) is 50.1 Å². The molecule has 1 aliphatic carbocycles. The second kappa shape index (κ2) is 8.27. The quantitative estimate of drug-likeness (QED) is 0.279. The summed E-state index contributed by atoms with van der Waals surface area (Å²) in [6, 6.07) is 14.4. The van der Waals surface area contributed by atoms with E-state index in [1.807, 2.05) is 30.3 Å². The van der Waals surface area contributed by atoms with E-state index in [1.165, 1.54) is 0 Å². The van der Waals surface area contributed by atoms with E-state index < -0.39 is 0 Å². The molecule has 0 bridgehead atoms. The summed E-state index contributed by atoms with van der Waals surface area (Å²) in [5.41, 5.74) is 2.92. The highest BCUT2D eigenvalue weighted by molar-refractivity contribution is 6.36. The number of aromatic amines is 2. The molecule has 3 heterocycles. The van der Waals surface area contributed by atoms with Gasteiger partial charge in [0.15, 0.2) is 5.78 Å². The van der Waals surface area contributed by atoms with Gasteiger partial charge in [0.25, 0.3) is 0 Å². The lowest BCUT2D eigenvalue weighted by Crippen LogP contribution is -2.25. The minimum Gasteiger partial charge on any atom is -0.457 e. The van der Waals surface area contributed by atoms with Crippen LogP contribution in [-0.2, 0) is 0 Å². The number of halogens is 1. The Bertz CT molecular complexity index is 1520. The maximum atomic E-state index is 13.5. The molecule has 1 saturated carbocycles. The Morgan fingerprint density at radius 1 is 1.12 bits per heavy atom. The number of para-hydroxylation sites is 1. The molecule has 34 heavy (non-hydrogen) atoms. The Labute approximate surface area is 199 Å². The number of ether oxygens (including phenoxy) is 1. The van der Waals surface area contributed by atoms with Crippen LogP contribution < -0.4 is 4.74 Å². The van der Waals surface area contributed by atoms with Gasteiger partial charge in [-0.2, -0.15) is 0 Å². The van der Waals surface area contributed by atoms with E-state index in [1.54, 1.807) is 30.6 Å². The van der Waals surface area contributed by atoms with Gasteiger partial charge in [0.2, 0.25) is 0 Å². The van der Waals surface area contributed by atoms with E-state index in [4.69, 9.17) is 21.3 Å². The molecule has 170 valence electrons. The first kappa shape index (κ1) is 20.9. The number of aliphatic hydroxyl groups excluding tert-OH is 1. The molecule has 5 aromatic rings. The molecule has 0 radical (unpaired) electrons. The van der Waals surface area contributed by atoms with Crippen LogP contribution in [0.5, 0.6) is 11.5 Å². The van der Waals surface area contributed by atoms with Crippen molar-refractivity contribution in [3.63, 3.8) is 0 Å². The predicted octanol–water partition coefficient (Wildman–Crippen LogP) is 5.60. The summed E-state index contributed by atoms with van der Waals surface area (Å²) >= 11 is 6.51. The van der Waals surface area contributed by atoms with Crippen molar-refractivity contribution in [2.75, 3.05) is 6.61 Å². The van der Waals surface area contributed by atoms with Crippen LogP contribution in [0.1, 0.15) is 40.5 Å².